The van der Waals surface area contributed by atoms with Gasteiger partial charge < -0.3 is 14.9 Å². The second kappa shape index (κ2) is 2.58. The van der Waals surface area contributed by atoms with Crippen LogP contribution in [0.4, 0.5) is 0 Å². The van der Waals surface area contributed by atoms with Crippen molar-refractivity contribution in [1.29, 1.82) is 0 Å². The molecule has 0 saturated carbocycles. The molecule has 2 rings (SSSR count). The number of hydrogen-bond acceptors (Lipinski definition) is 3. The third-order valence-electron chi connectivity index (χ3n) is 1.97. The topological polar surface area (TPSA) is 49.7 Å². The maximum Gasteiger partial charge on any atom is 0.351 e. The quantitative estimate of drug-likeness (QED) is 0.586. The van der Waals surface area contributed by atoms with E-state index in [0.717, 1.165) is 5.56 Å². The predicted octanol–water partition coefficient (Wildman–Crippen LogP) is 1.17. The van der Waals surface area contributed by atoms with Gasteiger partial charge in [0.1, 0.15) is 5.76 Å². The summed E-state index contributed by atoms with van der Waals surface area (Å²) in [4.78, 5) is 0. The fourth-order valence-electron chi connectivity index (χ4n) is 1.45. The summed E-state index contributed by atoms with van der Waals surface area (Å²) in [5.74, 6) is -1.70. The summed E-state index contributed by atoms with van der Waals surface area (Å²) in [5, 5.41) is 19.0. The molecule has 0 spiro atoms. The molecule has 1 heterocycles. The van der Waals surface area contributed by atoms with Crippen molar-refractivity contribution in [2.45, 2.75) is 12.9 Å². The molecule has 1 aliphatic rings. The summed E-state index contributed by atoms with van der Waals surface area (Å²) in [6, 6.07) is 7.00. The molecule has 2 N–H and O–H groups in total. The summed E-state index contributed by atoms with van der Waals surface area (Å²) < 4.78 is 4.87. The maximum absolute atomic E-state index is 9.49. The highest BCUT2D eigenvalue weighted by Crippen LogP contribution is 2.31. The second-order valence-corrected chi connectivity index (χ2v) is 3.05. The first-order chi connectivity index (χ1) is 6.09. The molecular formula is C10H10O3. The van der Waals surface area contributed by atoms with Gasteiger partial charge in [0.05, 0.1) is 5.56 Å². The molecule has 13 heavy (non-hydrogen) atoms. The largest absolute Gasteiger partial charge is 0.440 e. The van der Waals surface area contributed by atoms with Crippen molar-refractivity contribution in [2.24, 2.45) is 0 Å². The third kappa shape index (κ3) is 1.32. The van der Waals surface area contributed by atoms with Gasteiger partial charge in [0.25, 0.3) is 0 Å². The fraction of sp³-hybridized carbons (Fsp3) is 0.200. The minimum Gasteiger partial charge on any atom is -0.440 e. The Hall–Kier alpha value is -1.32. The minimum absolute atomic E-state index is 0.376. The number of hydrogen-bond donors (Lipinski definition) is 2. The van der Waals surface area contributed by atoms with Crippen molar-refractivity contribution in [2.75, 3.05) is 0 Å². The van der Waals surface area contributed by atoms with Crippen LogP contribution in [0.25, 0.3) is 6.08 Å². The fourth-order valence-corrected chi connectivity index (χ4v) is 1.45. The zero-order valence-corrected chi connectivity index (χ0v) is 7.19. The maximum atomic E-state index is 9.49. The smallest absolute Gasteiger partial charge is 0.351 e. The van der Waals surface area contributed by atoms with Crippen LogP contribution >= 0.6 is 0 Å². The van der Waals surface area contributed by atoms with Crippen LogP contribution in [0.15, 0.2) is 30.0 Å². The highest BCUT2D eigenvalue weighted by atomic mass is 16.8. The molecule has 0 fully saturated rings. The van der Waals surface area contributed by atoms with E-state index in [1.807, 2.05) is 12.1 Å². The molecule has 3 nitrogen and oxygen atoms in total. The van der Waals surface area contributed by atoms with Crippen molar-refractivity contribution in [3.8, 4) is 0 Å². The molecule has 0 atom stereocenters. The Kier molecular flexibility index (Phi) is 1.65. The molecule has 0 bridgehead atoms. The number of fused-ring (bicyclic) bond motifs is 1. The lowest BCUT2D eigenvalue weighted by Gasteiger charge is -2.28. The summed E-state index contributed by atoms with van der Waals surface area (Å²) >= 11 is 0. The summed E-state index contributed by atoms with van der Waals surface area (Å²) in [6.45, 7) is 1.68. The van der Waals surface area contributed by atoms with Crippen LogP contribution in [0.3, 0.4) is 0 Å². The first-order valence-electron chi connectivity index (χ1n) is 4.01. The zero-order chi connectivity index (χ0) is 9.47. The van der Waals surface area contributed by atoms with Gasteiger partial charge in [-0.1, -0.05) is 18.2 Å². The summed E-state index contributed by atoms with van der Waals surface area (Å²) in [7, 11) is 0. The molecule has 1 aliphatic heterocycles. The first-order valence-corrected chi connectivity index (χ1v) is 4.01. The van der Waals surface area contributed by atoms with Gasteiger partial charge >= 0.3 is 5.97 Å². The van der Waals surface area contributed by atoms with Gasteiger partial charge in [-0.2, -0.15) is 0 Å². The number of benzene rings is 1. The molecule has 1 aromatic carbocycles. The van der Waals surface area contributed by atoms with Crippen LogP contribution in [0.1, 0.15) is 18.1 Å². The van der Waals surface area contributed by atoms with Crippen molar-refractivity contribution in [3.05, 3.63) is 41.2 Å². The number of allylic oxidation sites excluding steroid dienone is 1. The van der Waals surface area contributed by atoms with Crippen molar-refractivity contribution in [1.82, 2.24) is 0 Å². The normalized spacial score (nSPS) is 18.5. The lowest BCUT2D eigenvalue weighted by molar-refractivity contribution is -0.333. The number of aliphatic hydroxyl groups is 2. The lowest BCUT2D eigenvalue weighted by atomic mass is 10.0. The Balaban J connectivity index is 2.62. The van der Waals surface area contributed by atoms with E-state index in [2.05, 4.69) is 0 Å². The molecule has 0 amide bonds. The Labute approximate surface area is 75.9 Å². The first kappa shape index (κ1) is 8.29. The second-order valence-electron chi connectivity index (χ2n) is 3.05. The SMILES string of the molecule is CC1=Cc2ccccc2C(O)(O)O1. The molecule has 0 aromatic heterocycles. The van der Waals surface area contributed by atoms with Crippen LogP contribution in [-0.4, -0.2) is 10.2 Å². The van der Waals surface area contributed by atoms with Gasteiger partial charge in [-0.15, -0.1) is 0 Å². The minimum atomic E-state index is -2.19. The van der Waals surface area contributed by atoms with Crippen LogP contribution < -0.4 is 0 Å². The molecule has 1 aromatic rings. The lowest BCUT2D eigenvalue weighted by Crippen LogP contribution is -2.31. The van der Waals surface area contributed by atoms with Crippen molar-refractivity contribution >= 4 is 6.08 Å². The van der Waals surface area contributed by atoms with E-state index in [-0.39, 0.29) is 0 Å². The van der Waals surface area contributed by atoms with Crippen LogP contribution in [0, 0.1) is 0 Å². The van der Waals surface area contributed by atoms with Crippen molar-refractivity contribution < 1.29 is 14.9 Å². The molecule has 0 unspecified atom stereocenters. The molecule has 0 aliphatic carbocycles. The van der Waals surface area contributed by atoms with E-state index in [4.69, 9.17) is 4.74 Å². The van der Waals surface area contributed by atoms with Gasteiger partial charge in [-0.3, -0.25) is 0 Å². The van der Waals surface area contributed by atoms with Gasteiger partial charge in [0, 0.05) is 0 Å². The van der Waals surface area contributed by atoms with Gasteiger partial charge in [0.2, 0.25) is 0 Å². The Morgan fingerprint density at radius 2 is 1.92 bits per heavy atom. The van der Waals surface area contributed by atoms with Gasteiger partial charge in [-0.25, -0.2) is 0 Å². The monoisotopic (exact) mass is 178 g/mol. The standard InChI is InChI=1S/C10H10O3/c1-7-6-8-4-2-3-5-9(8)10(11,12)13-7/h2-6,11-12H,1H3. The average molecular weight is 178 g/mol. The average Bonchev–Trinajstić information content (AvgIpc) is 2.02. The predicted molar refractivity (Wildman–Crippen MR) is 47.3 cm³/mol. The summed E-state index contributed by atoms with van der Waals surface area (Å²) in [5.41, 5.74) is 1.15. The molecule has 0 saturated heterocycles. The van der Waals surface area contributed by atoms with E-state index in [9.17, 15) is 10.2 Å². The Morgan fingerprint density at radius 1 is 1.23 bits per heavy atom. The summed E-state index contributed by atoms with van der Waals surface area (Å²) in [6.07, 6.45) is 1.76. The Bertz CT molecular complexity index is 366. The van der Waals surface area contributed by atoms with E-state index < -0.39 is 5.97 Å². The van der Waals surface area contributed by atoms with E-state index >= 15 is 0 Å². The molecule has 68 valence electrons. The zero-order valence-electron chi connectivity index (χ0n) is 7.19. The number of ether oxygens (including phenoxy) is 1. The van der Waals surface area contributed by atoms with Gasteiger partial charge in [0.15, 0.2) is 0 Å². The van der Waals surface area contributed by atoms with E-state index in [1.165, 1.54) is 0 Å². The van der Waals surface area contributed by atoms with Crippen LogP contribution in [-0.2, 0) is 10.7 Å². The molecule has 3 heteroatoms. The molecular weight excluding hydrogens is 168 g/mol. The Morgan fingerprint density at radius 3 is 2.69 bits per heavy atom. The van der Waals surface area contributed by atoms with Crippen LogP contribution in [0.5, 0.6) is 0 Å². The van der Waals surface area contributed by atoms with Crippen molar-refractivity contribution in [3.63, 3.8) is 0 Å². The third-order valence-corrected chi connectivity index (χ3v) is 1.97. The molecule has 0 radical (unpaired) electrons. The highest BCUT2D eigenvalue weighted by Gasteiger charge is 2.33. The van der Waals surface area contributed by atoms with Crippen LogP contribution in [0.2, 0.25) is 0 Å². The van der Waals surface area contributed by atoms with E-state index in [1.54, 1.807) is 25.1 Å². The highest BCUT2D eigenvalue weighted by molar-refractivity contribution is 5.57. The van der Waals surface area contributed by atoms with E-state index in [0.29, 0.717) is 11.3 Å². The van der Waals surface area contributed by atoms with Gasteiger partial charge in [-0.05, 0) is 24.6 Å². The number of rotatable bonds is 0.